The Bertz CT molecular complexity index is 1400. The van der Waals surface area contributed by atoms with E-state index in [9.17, 15) is 18.5 Å². The van der Waals surface area contributed by atoms with Crippen molar-refractivity contribution in [1.82, 2.24) is 0 Å². The van der Waals surface area contributed by atoms with Crippen molar-refractivity contribution < 1.29 is 17.4 Å². The fraction of sp³-hybridized carbons (Fsp3) is 0.0435. The van der Waals surface area contributed by atoms with Gasteiger partial charge in [-0.2, -0.15) is 13.7 Å². The van der Waals surface area contributed by atoms with Crippen LogP contribution in [-0.2, 0) is 14.9 Å². The molecular formula is C23H15Cl3N2O4S. The van der Waals surface area contributed by atoms with Crippen LogP contribution in [-0.4, -0.2) is 14.3 Å². The van der Waals surface area contributed by atoms with E-state index in [1.807, 2.05) is 6.92 Å². The lowest BCUT2D eigenvalue weighted by Gasteiger charge is -2.13. The number of hydrogen-bond acceptors (Lipinski definition) is 5. The smallest absolute Gasteiger partial charge is 0.339 e. The van der Waals surface area contributed by atoms with Crippen molar-refractivity contribution in [2.24, 2.45) is 0 Å². The zero-order valence-electron chi connectivity index (χ0n) is 17.0. The van der Waals surface area contributed by atoms with E-state index in [1.165, 1.54) is 24.3 Å². The average Bonchev–Trinajstić information content (AvgIpc) is 2.76. The normalized spacial score (nSPS) is 11.5. The van der Waals surface area contributed by atoms with E-state index in [4.69, 9.17) is 39.0 Å². The van der Waals surface area contributed by atoms with E-state index < -0.39 is 16.0 Å². The predicted molar refractivity (Wildman–Crippen MR) is 129 cm³/mol. The Morgan fingerprint density at radius 1 is 1.03 bits per heavy atom. The zero-order valence-corrected chi connectivity index (χ0v) is 20.1. The third-order valence-electron chi connectivity index (χ3n) is 4.33. The minimum Gasteiger partial charge on any atom is -0.377 e. The molecule has 0 heterocycles. The molecule has 3 rings (SSSR count). The third-order valence-corrected chi connectivity index (χ3v) is 6.39. The highest BCUT2D eigenvalue weighted by Gasteiger charge is 2.22. The maximum atomic E-state index is 12.8. The van der Waals surface area contributed by atoms with Crippen molar-refractivity contribution >= 4 is 62.6 Å². The summed E-state index contributed by atoms with van der Waals surface area (Å²) >= 11 is 18.3. The van der Waals surface area contributed by atoms with Crippen LogP contribution in [0.4, 0.5) is 5.69 Å². The van der Waals surface area contributed by atoms with Gasteiger partial charge in [-0.15, -0.1) is 0 Å². The van der Waals surface area contributed by atoms with Gasteiger partial charge in [-0.25, -0.2) is 0 Å². The molecule has 0 aliphatic rings. The van der Waals surface area contributed by atoms with Crippen LogP contribution in [0.5, 0.6) is 5.75 Å². The molecule has 0 aliphatic carbocycles. The van der Waals surface area contributed by atoms with Gasteiger partial charge in [0.15, 0.2) is 5.75 Å². The highest BCUT2D eigenvalue weighted by molar-refractivity contribution is 7.87. The molecule has 3 aromatic rings. The summed E-state index contributed by atoms with van der Waals surface area (Å²) in [5.41, 5.74) is 0.832. The zero-order chi connectivity index (χ0) is 24.2. The Hall–Kier alpha value is -3.02. The molecule has 168 valence electrons. The second kappa shape index (κ2) is 10.3. The third kappa shape index (κ3) is 6.06. The number of nitrogens with zero attached hydrogens (tertiary/aromatic N) is 1. The summed E-state index contributed by atoms with van der Waals surface area (Å²) in [6.07, 6.45) is 1.13. The lowest BCUT2D eigenvalue weighted by molar-refractivity contribution is -0.112. The Labute approximate surface area is 206 Å². The first kappa shape index (κ1) is 24.6. The maximum absolute atomic E-state index is 12.8. The summed E-state index contributed by atoms with van der Waals surface area (Å²) in [6, 6.07) is 16.9. The van der Waals surface area contributed by atoms with E-state index in [0.29, 0.717) is 5.69 Å². The van der Waals surface area contributed by atoms with Gasteiger partial charge in [0.1, 0.15) is 16.5 Å². The van der Waals surface area contributed by atoms with Crippen LogP contribution in [0.3, 0.4) is 0 Å². The van der Waals surface area contributed by atoms with E-state index in [1.54, 1.807) is 42.5 Å². The van der Waals surface area contributed by atoms with E-state index in [2.05, 4.69) is 5.32 Å². The summed E-state index contributed by atoms with van der Waals surface area (Å²) in [6.45, 7) is 1.81. The molecule has 10 heteroatoms. The average molecular weight is 522 g/mol. The van der Waals surface area contributed by atoms with Crippen molar-refractivity contribution in [2.45, 2.75) is 11.8 Å². The monoisotopic (exact) mass is 520 g/mol. The van der Waals surface area contributed by atoms with Crippen LogP contribution >= 0.6 is 34.8 Å². The molecule has 0 unspecified atom stereocenters. The molecule has 0 radical (unpaired) electrons. The molecule has 0 atom stereocenters. The molecule has 1 N–H and O–H groups in total. The first-order valence-corrected chi connectivity index (χ1v) is 11.8. The van der Waals surface area contributed by atoms with Gasteiger partial charge < -0.3 is 9.50 Å². The number of benzene rings is 3. The second-order valence-electron chi connectivity index (χ2n) is 6.76. The van der Waals surface area contributed by atoms with E-state index in [0.717, 1.165) is 11.6 Å². The van der Waals surface area contributed by atoms with Crippen LogP contribution in [0.15, 0.2) is 71.1 Å². The molecule has 0 fully saturated rings. The van der Waals surface area contributed by atoms with Crippen LogP contribution in [0.1, 0.15) is 11.1 Å². The highest BCUT2D eigenvalue weighted by Crippen LogP contribution is 2.36. The Balaban J connectivity index is 2.01. The van der Waals surface area contributed by atoms with Crippen LogP contribution < -0.4 is 9.50 Å². The highest BCUT2D eigenvalue weighted by atomic mass is 35.5. The summed E-state index contributed by atoms with van der Waals surface area (Å²) in [4.78, 5) is 12.5. The topological polar surface area (TPSA) is 96.3 Å². The lowest BCUT2D eigenvalue weighted by atomic mass is 10.1. The molecule has 0 saturated heterocycles. The van der Waals surface area contributed by atoms with Crippen LogP contribution in [0, 0.1) is 18.3 Å². The number of nitriles is 1. The summed E-state index contributed by atoms with van der Waals surface area (Å²) < 4.78 is 30.8. The predicted octanol–water partition coefficient (Wildman–Crippen LogP) is 6.27. The number of hydrogen-bond donors (Lipinski definition) is 1. The van der Waals surface area contributed by atoms with Gasteiger partial charge in [-0.3, -0.25) is 4.79 Å². The summed E-state index contributed by atoms with van der Waals surface area (Å²) in [5, 5.41) is 12.4. The Morgan fingerprint density at radius 2 is 1.70 bits per heavy atom. The van der Waals surface area contributed by atoms with Crippen molar-refractivity contribution in [3.63, 3.8) is 0 Å². The van der Waals surface area contributed by atoms with Gasteiger partial charge in [0.05, 0.1) is 15.7 Å². The molecule has 0 spiro atoms. The number of carbonyl (C=O) groups is 1. The quantitative estimate of drug-likeness (QED) is 0.234. The first-order valence-electron chi connectivity index (χ1n) is 9.28. The minimum absolute atomic E-state index is 0.0223. The summed E-state index contributed by atoms with van der Waals surface area (Å²) in [5.74, 6) is -1.05. The van der Waals surface area contributed by atoms with Gasteiger partial charge in [0.25, 0.3) is 5.91 Å². The first-order chi connectivity index (χ1) is 15.6. The van der Waals surface area contributed by atoms with E-state index >= 15 is 0 Å². The van der Waals surface area contributed by atoms with Crippen molar-refractivity contribution in [3.05, 3.63) is 92.4 Å². The molecule has 0 bridgehead atoms. The number of amides is 1. The number of aryl methyl sites for hydroxylation is 1. The number of para-hydroxylation sites is 1. The Kier molecular flexibility index (Phi) is 7.67. The van der Waals surface area contributed by atoms with Gasteiger partial charge in [0, 0.05) is 10.6 Å². The standard InChI is InChI=1S/C23H15Cl3N2O4S/c1-14-6-8-18(9-7-14)33(30,31)32-22-15(11-17(24)12-20(22)26)10-16(13-27)23(29)28-21-5-3-2-4-19(21)25/h2-12H,1H3,(H,28,29)/b16-10+. The van der Waals surface area contributed by atoms with Gasteiger partial charge >= 0.3 is 10.1 Å². The lowest BCUT2D eigenvalue weighted by Crippen LogP contribution is -2.14. The molecule has 33 heavy (non-hydrogen) atoms. The maximum Gasteiger partial charge on any atom is 0.339 e. The number of halogens is 3. The Morgan fingerprint density at radius 3 is 2.33 bits per heavy atom. The minimum atomic E-state index is -4.26. The fourth-order valence-corrected chi connectivity index (χ4v) is 4.44. The molecular weight excluding hydrogens is 507 g/mol. The van der Waals surface area contributed by atoms with Crippen LogP contribution in [0.25, 0.3) is 6.08 Å². The SMILES string of the molecule is Cc1ccc(S(=O)(=O)Oc2c(Cl)cc(Cl)cc2/C=C(\C#N)C(=O)Nc2ccccc2Cl)cc1. The van der Waals surface area contributed by atoms with Crippen LogP contribution in [0.2, 0.25) is 15.1 Å². The molecule has 3 aromatic carbocycles. The molecule has 1 amide bonds. The van der Waals surface area contributed by atoms with E-state index in [-0.39, 0.29) is 36.8 Å². The number of anilines is 1. The second-order valence-corrected chi connectivity index (χ2v) is 9.56. The van der Waals surface area contributed by atoms with Gasteiger partial charge in [-0.05, 0) is 49.4 Å². The number of nitrogens with one attached hydrogen (secondary N) is 1. The number of rotatable bonds is 6. The molecule has 0 aliphatic heterocycles. The summed E-state index contributed by atoms with van der Waals surface area (Å²) in [7, 11) is -4.26. The molecule has 6 nitrogen and oxygen atoms in total. The molecule has 0 saturated carbocycles. The van der Waals surface area contributed by atoms with Gasteiger partial charge in [0.2, 0.25) is 0 Å². The van der Waals surface area contributed by atoms with Crippen molar-refractivity contribution in [3.8, 4) is 11.8 Å². The fourth-order valence-electron chi connectivity index (χ4n) is 2.69. The van der Waals surface area contributed by atoms with Crippen molar-refractivity contribution in [1.29, 1.82) is 5.26 Å². The number of carbonyl (C=O) groups excluding carboxylic acids is 1. The largest absolute Gasteiger partial charge is 0.377 e. The van der Waals surface area contributed by atoms with Gasteiger partial charge in [-0.1, -0.05) is 64.6 Å². The molecule has 0 aromatic heterocycles. The van der Waals surface area contributed by atoms with Crippen molar-refractivity contribution in [2.75, 3.05) is 5.32 Å².